The van der Waals surface area contributed by atoms with Crippen LogP contribution in [-0.2, 0) is 0 Å². The molecule has 23 heavy (non-hydrogen) atoms. The van der Waals surface area contributed by atoms with E-state index in [2.05, 4.69) is 15.1 Å². The molecule has 3 rings (SSSR count). The molecule has 0 radical (unpaired) electrons. The molecule has 0 aromatic carbocycles. The lowest BCUT2D eigenvalue weighted by atomic mass is 9.93. The Kier molecular flexibility index (Phi) is 7.56. The van der Waals surface area contributed by atoms with Gasteiger partial charge in [0.1, 0.15) is 0 Å². The van der Waals surface area contributed by atoms with Gasteiger partial charge >= 0.3 is 0 Å². The maximum Gasteiger partial charge on any atom is 0.0719 e. The topological polar surface area (TPSA) is 9.72 Å². The van der Waals surface area contributed by atoms with Crippen LogP contribution in [-0.4, -0.2) is 46.2 Å². The van der Waals surface area contributed by atoms with E-state index in [4.69, 9.17) is 12.6 Å². The number of hydrazine groups is 2. The third-order valence-corrected chi connectivity index (χ3v) is 6.46. The van der Waals surface area contributed by atoms with Gasteiger partial charge < -0.3 is 0 Å². The molecule has 3 aliphatic rings. The van der Waals surface area contributed by atoms with E-state index >= 15 is 0 Å². The van der Waals surface area contributed by atoms with Gasteiger partial charge in [0, 0.05) is 25.2 Å². The van der Waals surface area contributed by atoms with E-state index in [1.165, 1.54) is 103 Å². The molecule has 2 unspecified atom stereocenters. The van der Waals surface area contributed by atoms with Crippen molar-refractivity contribution < 1.29 is 0 Å². The zero-order valence-corrected chi connectivity index (χ0v) is 15.9. The smallest absolute Gasteiger partial charge is 0.0719 e. The van der Waals surface area contributed by atoms with Crippen molar-refractivity contribution in [2.75, 3.05) is 19.0 Å². The minimum Gasteiger partial charge on any atom is -0.222 e. The summed E-state index contributed by atoms with van der Waals surface area (Å²) in [6.45, 7) is 2.50. The quantitative estimate of drug-likeness (QED) is 0.685. The fraction of sp³-hybridized carbons (Fsp3) is 1.00. The molecular formula is C19H37N3S. The zero-order valence-electron chi connectivity index (χ0n) is 15.0. The first-order valence-electron chi connectivity index (χ1n) is 10.3. The highest BCUT2D eigenvalue weighted by atomic mass is 32.1. The van der Waals surface area contributed by atoms with E-state index in [1.54, 1.807) is 0 Å². The van der Waals surface area contributed by atoms with Crippen LogP contribution in [0.5, 0.6) is 0 Å². The van der Waals surface area contributed by atoms with Crippen LogP contribution in [0.25, 0.3) is 0 Å². The van der Waals surface area contributed by atoms with Crippen LogP contribution in [0.15, 0.2) is 0 Å². The molecule has 2 atom stereocenters. The van der Waals surface area contributed by atoms with E-state index in [0.29, 0.717) is 0 Å². The van der Waals surface area contributed by atoms with Gasteiger partial charge in [0.15, 0.2) is 0 Å². The molecule has 134 valence electrons. The van der Waals surface area contributed by atoms with Crippen molar-refractivity contribution in [1.82, 2.24) is 15.1 Å². The van der Waals surface area contributed by atoms with E-state index < -0.39 is 0 Å². The molecule has 0 aromatic heterocycles. The largest absolute Gasteiger partial charge is 0.222 e. The standard InChI is InChI=1S/C19H37N3S/c23-17-22-20-15-11-7-3-1-5-9-13-18(20)19-14-10-6-2-4-8-12-16-21(19)22/h18-19,23H,1-17H2. The van der Waals surface area contributed by atoms with E-state index in [1.807, 2.05) is 0 Å². The van der Waals surface area contributed by atoms with Crippen LogP contribution in [0, 0.1) is 0 Å². The maximum absolute atomic E-state index is 4.71. The van der Waals surface area contributed by atoms with Crippen molar-refractivity contribution in [2.24, 2.45) is 0 Å². The fourth-order valence-corrected chi connectivity index (χ4v) is 5.29. The third kappa shape index (κ3) is 4.65. The number of fused-ring (bicyclic) bond motifs is 3. The van der Waals surface area contributed by atoms with Crippen LogP contribution < -0.4 is 0 Å². The molecule has 0 bridgehead atoms. The summed E-state index contributed by atoms with van der Waals surface area (Å²) >= 11 is 4.71. The summed E-state index contributed by atoms with van der Waals surface area (Å²) in [5.74, 6) is 0.854. The normalized spacial score (nSPS) is 33.8. The van der Waals surface area contributed by atoms with Crippen LogP contribution in [0.3, 0.4) is 0 Å². The van der Waals surface area contributed by atoms with Gasteiger partial charge in [0.05, 0.1) is 5.88 Å². The summed E-state index contributed by atoms with van der Waals surface area (Å²) in [7, 11) is 0. The van der Waals surface area contributed by atoms with Crippen LogP contribution >= 0.6 is 12.6 Å². The average molecular weight is 340 g/mol. The van der Waals surface area contributed by atoms with Gasteiger partial charge in [-0.05, 0) is 25.7 Å². The van der Waals surface area contributed by atoms with Crippen molar-refractivity contribution in [1.29, 1.82) is 0 Å². The average Bonchev–Trinajstić information content (AvgIpc) is 2.87. The first-order chi connectivity index (χ1) is 11.4. The molecule has 3 nitrogen and oxygen atoms in total. The van der Waals surface area contributed by atoms with Crippen molar-refractivity contribution in [2.45, 2.75) is 102 Å². The summed E-state index contributed by atoms with van der Waals surface area (Å²) in [4.78, 5) is 0. The van der Waals surface area contributed by atoms with Gasteiger partial charge in [-0.25, -0.2) is 10.0 Å². The van der Waals surface area contributed by atoms with Gasteiger partial charge in [-0.1, -0.05) is 64.2 Å². The Morgan fingerprint density at radius 3 is 1.39 bits per heavy atom. The molecule has 0 aromatic rings. The highest BCUT2D eigenvalue weighted by Gasteiger charge is 2.44. The monoisotopic (exact) mass is 339 g/mol. The second-order valence-corrected chi connectivity index (χ2v) is 8.08. The number of rotatable bonds is 1. The predicted octanol–water partition coefficient (Wildman–Crippen LogP) is 4.85. The Labute approximate surface area is 149 Å². The second-order valence-electron chi connectivity index (χ2n) is 7.79. The molecule has 3 heterocycles. The number of hydrogen-bond acceptors (Lipinski definition) is 4. The molecular weight excluding hydrogens is 302 g/mol. The maximum atomic E-state index is 4.71. The third-order valence-electron chi connectivity index (χ3n) is 6.20. The Morgan fingerprint density at radius 1 is 0.565 bits per heavy atom. The van der Waals surface area contributed by atoms with Crippen LogP contribution in [0.2, 0.25) is 0 Å². The number of thiol groups is 1. The highest BCUT2D eigenvalue weighted by Crippen LogP contribution is 2.34. The summed E-state index contributed by atoms with van der Waals surface area (Å²) in [6, 6.07) is 1.50. The SMILES string of the molecule is SCN1N2CCCCCCCCC2C2CCCCCCCCN21. The minimum absolute atomic E-state index is 0.750. The van der Waals surface area contributed by atoms with E-state index in [0.717, 1.165) is 18.0 Å². The van der Waals surface area contributed by atoms with Crippen LogP contribution in [0.4, 0.5) is 0 Å². The molecule has 0 aliphatic carbocycles. The van der Waals surface area contributed by atoms with Crippen molar-refractivity contribution >= 4 is 12.6 Å². The molecule has 3 aliphatic heterocycles. The summed E-state index contributed by atoms with van der Waals surface area (Å²) in [6.07, 6.45) is 19.9. The molecule has 0 saturated carbocycles. The predicted molar refractivity (Wildman–Crippen MR) is 101 cm³/mol. The molecule has 0 amide bonds. The van der Waals surface area contributed by atoms with Gasteiger partial charge in [0.25, 0.3) is 0 Å². The van der Waals surface area contributed by atoms with Crippen molar-refractivity contribution in [3.8, 4) is 0 Å². The van der Waals surface area contributed by atoms with Crippen LogP contribution in [0.1, 0.15) is 89.9 Å². The fourth-order valence-electron chi connectivity index (χ4n) is 4.96. The van der Waals surface area contributed by atoms with Crippen molar-refractivity contribution in [3.63, 3.8) is 0 Å². The lowest BCUT2D eigenvalue weighted by Crippen LogP contribution is -2.46. The Morgan fingerprint density at radius 2 is 0.957 bits per heavy atom. The van der Waals surface area contributed by atoms with Gasteiger partial charge in [0.2, 0.25) is 0 Å². The molecule has 3 saturated heterocycles. The molecule has 0 N–H and O–H groups in total. The number of nitrogens with zero attached hydrogens (tertiary/aromatic N) is 3. The van der Waals surface area contributed by atoms with E-state index in [-0.39, 0.29) is 0 Å². The summed E-state index contributed by atoms with van der Waals surface area (Å²) in [5, 5.41) is 7.98. The Hall–Kier alpha value is 0.230. The molecule has 4 heteroatoms. The minimum atomic E-state index is 0.750. The first-order valence-corrected chi connectivity index (χ1v) is 11.0. The first kappa shape index (κ1) is 18.0. The second kappa shape index (κ2) is 9.65. The zero-order chi connectivity index (χ0) is 15.9. The summed E-state index contributed by atoms with van der Waals surface area (Å²) < 4.78 is 0. The van der Waals surface area contributed by atoms with Gasteiger partial charge in [-0.2, -0.15) is 17.7 Å². The summed E-state index contributed by atoms with van der Waals surface area (Å²) in [5.41, 5.74) is 0. The van der Waals surface area contributed by atoms with Gasteiger partial charge in [-0.15, -0.1) is 0 Å². The van der Waals surface area contributed by atoms with Gasteiger partial charge in [-0.3, -0.25) is 0 Å². The highest BCUT2D eigenvalue weighted by molar-refractivity contribution is 7.80. The Bertz CT molecular complexity index is 309. The Balaban J connectivity index is 1.75. The number of hydrogen-bond donors (Lipinski definition) is 1. The lowest BCUT2D eigenvalue weighted by Gasteiger charge is -2.34. The molecule has 3 fully saturated rings. The lowest BCUT2D eigenvalue weighted by molar-refractivity contribution is -0.122. The molecule has 0 spiro atoms. The van der Waals surface area contributed by atoms with Crippen molar-refractivity contribution in [3.05, 3.63) is 0 Å². The van der Waals surface area contributed by atoms with E-state index in [9.17, 15) is 0 Å².